The lowest BCUT2D eigenvalue weighted by atomic mass is 10.1. The molecule has 0 saturated carbocycles. The molecule has 0 aliphatic carbocycles. The maximum Gasteiger partial charge on any atom is 0.469 e. The molecule has 5 N–H and O–H groups in total. The third kappa shape index (κ3) is 3.22. The molecule has 3 rings (SSSR count). The first kappa shape index (κ1) is 17.4. The molecule has 2 aromatic rings. The Morgan fingerprint density at radius 2 is 2.21 bits per heavy atom. The number of anilines is 1. The third-order valence-electron chi connectivity index (χ3n) is 3.40. The molecular weight excluding hydrogens is 372 g/mol. The largest absolute Gasteiger partial charge is 0.469 e. The molecule has 1 aliphatic heterocycles. The molecule has 132 valence electrons. The van der Waals surface area contributed by atoms with Gasteiger partial charge in [0.25, 0.3) is 0 Å². The second-order valence-corrected chi connectivity index (χ2v) is 6.57. The van der Waals surface area contributed by atoms with Gasteiger partial charge in [0.1, 0.15) is 17.7 Å². The summed E-state index contributed by atoms with van der Waals surface area (Å²) in [5.74, 6) is -0.0147. The lowest BCUT2D eigenvalue weighted by molar-refractivity contribution is -0.0451. The Morgan fingerprint density at radius 1 is 1.50 bits per heavy atom. The van der Waals surface area contributed by atoms with Crippen LogP contribution in [-0.4, -0.2) is 59.4 Å². The molecule has 1 aliphatic rings. The number of imidazole rings is 1. The van der Waals surface area contributed by atoms with E-state index < -0.39 is 39.0 Å². The van der Waals surface area contributed by atoms with Crippen LogP contribution in [-0.2, 0) is 13.8 Å². The number of phosphoric acid groups is 1. The fraction of sp³-hybridized carbons (Fsp3) is 0.500. The van der Waals surface area contributed by atoms with Gasteiger partial charge in [0, 0.05) is 0 Å². The third-order valence-corrected chi connectivity index (χ3v) is 4.05. The number of nitrogen functional groups attached to an aromatic ring is 1. The van der Waals surface area contributed by atoms with Crippen LogP contribution in [0.4, 0.5) is 10.2 Å². The van der Waals surface area contributed by atoms with E-state index in [-0.39, 0.29) is 22.3 Å². The van der Waals surface area contributed by atoms with Gasteiger partial charge in [-0.05, 0) is 11.6 Å². The molecule has 3 heterocycles. The van der Waals surface area contributed by atoms with Crippen molar-refractivity contribution in [3.63, 3.8) is 0 Å². The average molecular weight is 384 g/mol. The first-order valence-electron chi connectivity index (χ1n) is 6.50. The number of halogens is 2. The number of aliphatic hydroxyl groups is 1. The van der Waals surface area contributed by atoms with E-state index in [0.717, 1.165) is 4.57 Å². The number of aromatic nitrogens is 4. The average Bonchev–Trinajstić information content (AvgIpc) is 3.00. The van der Waals surface area contributed by atoms with Crippen LogP contribution < -0.4 is 5.73 Å². The van der Waals surface area contributed by atoms with Crippen molar-refractivity contribution in [2.45, 2.75) is 24.6 Å². The Morgan fingerprint density at radius 3 is 2.88 bits per heavy atom. The van der Waals surface area contributed by atoms with E-state index in [1.54, 1.807) is 0 Å². The van der Waals surface area contributed by atoms with E-state index in [1.165, 1.54) is 6.33 Å². The number of rotatable bonds is 4. The molecule has 11 nitrogen and oxygen atoms in total. The fourth-order valence-electron chi connectivity index (χ4n) is 2.33. The van der Waals surface area contributed by atoms with Crippen LogP contribution >= 0.6 is 19.4 Å². The number of aliphatic hydroxyl groups excluding tert-OH is 1. The normalized spacial score (nSPS) is 27.9. The van der Waals surface area contributed by atoms with Crippen LogP contribution in [0.5, 0.6) is 0 Å². The maximum atomic E-state index is 14.4. The van der Waals surface area contributed by atoms with Gasteiger partial charge in [-0.2, -0.15) is 9.97 Å². The standard InChI is InChI=1S/C10H12ClFN5O6P/c11-10-15-7(13)5-8(16-10)17(2-14-5)9-4(12)6(18)3(23-9)1-22-24(19,20)21/h2-4,6,9,18H,1H2,(H2,13,15,16)(H2,19,20,21)/t3-,4+,6?,9-/m1/s1. The molecule has 0 amide bonds. The summed E-state index contributed by atoms with van der Waals surface area (Å²) < 4.78 is 35.8. The van der Waals surface area contributed by atoms with Gasteiger partial charge in [0.15, 0.2) is 23.9 Å². The van der Waals surface area contributed by atoms with Crippen molar-refractivity contribution in [2.75, 3.05) is 12.3 Å². The summed E-state index contributed by atoms with van der Waals surface area (Å²) in [6, 6.07) is 0. The van der Waals surface area contributed by atoms with E-state index in [4.69, 9.17) is 31.9 Å². The molecule has 0 bridgehead atoms. The summed E-state index contributed by atoms with van der Waals surface area (Å²) in [5.41, 5.74) is 5.91. The summed E-state index contributed by atoms with van der Waals surface area (Å²) in [6.45, 7) is -0.702. The number of nitrogens with zero attached hydrogens (tertiary/aromatic N) is 4. The van der Waals surface area contributed by atoms with Crippen molar-refractivity contribution in [3.8, 4) is 0 Å². The molecule has 0 radical (unpaired) electrons. The SMILES string of the molecule is Nc1nc(Cl)nc2c1ncn2[C@@H]1O[C@H](COP(=O)(O)O)C(O)[C@@H]1F. The van der Waals surface area contributed by atoms with Crippen molar-refractivity contribution in [2.24, 2.45) is 0 Å². The van der Waals surface area contributed by atoms with E-state index in [2.05, 4.69) is 19.5 Å². The highest BCUT2D eigenvalue weighted by Crippen LogP contribution is 2.39. The second-order valence-electron chi connectivity index (χ2n) is 4.99. The molecule has 1 saturated heterocycles. The minimum atomic E-state index is -4.78. The summed E-state index contributed by atoms with van der Waals surface area (Å²) in [6.07, 6.45) is -5.08. The predicted octanol–water partition coefficient (Wildman–Crippen LogP) is -0.232. The zero-order valence-electron chi connectivity index (χ0n) is 11.7. The lowest BCUT2D eigenvalue weighted by Gasteiger charge is -2.15. The van der Waals surface area contributed by atoms with Crippen molar-refractivity contribution in [1.82, 2.24) is 19.5 Å². The Bertz CT molecular complexity index is 816. The maximum absolute atomic E-state index is 14.4. The number of nitrogens with two attached hydrogens (primary N) is 1. The molecule has 2 aromatic heterocycles. The van der Waals surface area contributed by atoms with Gasteiger partial charge in [-0.3, -0.25) is 9.09 Å². The molecule has 14 heteroatoms. The summed E-state index contributed by atoms with van der Waals surface area (Å²) in [5, 5.41) is 9.67. The van der Waals surface area contributed by atoms with Crippen molar-refractivity contribution in [1.29, 1.82) is 0 Å². The van der Waals surface area contributed by atoms with Crippen molar-refractivity contribution in [3.05, 3.63) is 11.6 Å². The summed E-state index contributed by atoms with van der Waals surface area (Å²) >= 11 is 5.72. The molecule has 1 unspecified atom stereocenters. The molecule has 24 heavy (non-hydrogen) atoms. The monoisotopic (exact) mass is 383 g/mol. The van der Waals surface area contributed by atoms with Crippen LogP contribution in [0.1, 0.15) is 6.23 Å². The topological polar surface area (TPSA) is 166 Å². The molecule has 0 spiro atoms. The lowest BCUT2D eigenvalue weighted by Crippen LogP contribution is -2.31. The van der Waals surface area contributed by atoms with Crippen LogP contribution in [0.25, 0.3) is 11.2 Å². The van der Waals surface area contributed by atoms with Crippen LogP contribution in [0.3, 0.4) is 0 Å². The Labute approximate surface area is 138 Å². The van der Waals surface area contributed by atoms with Crippen molar-refractivity contribution >= 4 is 36.4 Å². The van der Waals surface area contributed by atoms with Gasteiger partial charge in [-0.15, -0.1) is 0 Å². The first-order valence-corrected chi connectivity index (χ1v) is 8.41. The zero-order valence-corrected chi connectivity index (χ0v) is 13.4. The Kier molecular flexibility index (Phi) is 4.47. The fourth-order valence-corrected chi connectivity index (χ4v) is 2.84. The first-order chi connectivity index (χ1) is 11.2. The number of phosphoric ester groups is 1. The van der Waals surface area contributed by atoms with Crippen molar-refractivity contribution < 1.29 is 33.1 Å². The Hall–Kier alpha value is -1.40. The summed E-state index contributed by atoms with van der Waals surface area (Å²) in [7, 11) is -4.78. The Balaban J connectivity index is 1.89. The number of fused-ring (bicyclic) bond motifs is 1. The van der Waals surface area contributed by atoms with E-state index in [9.17, 15) is 14.1 Å². The zero-order chi connectivity index (χ0) is 17.6. The van der Waals surface area contributed by atoms with Gasteiger partial charge in [-0.25, -0.2) is 13.9 Å². The van der Waals surface area contributed by atoms with E-state index in [0.29, 0.717) is 0 Å². The minimum absolute atomic E-state index is 0.0147. The molecular formula is C10H12ClFN5O6P. The molecule has 0 aromatic carbocycles. The number of ether oxygens (including phenoxy) is 1. The quantitative estimate of drug-likeness (QED) is 0.409. The van der Waals surface area contributed by atoms with Crippen LogP contribution in [0.15, 0.2) is 6.33 Å². The highest BCUT2D eigenvalue weighted by molar-refractivity contribution is 7.46. The summed E-state index contributed by atoms with van der Waals surface area (Å²) in [4.78, 5) is 28.9. The van der Waals surface area contributed by atoms with Gasteiger partial charge in [0.2, 0.25) is 5.28 Å². The number of alkyl halides is 1. The number of hydrogen-bond acceptors (Lipinski definition) is 8. The highest BCUT2D eigenvalue weighted by atomic mass is 35.5. The smallest absolute Gasteiger partial charge is 0.387 e. The van der Waals surface area contributed by atoms with Crippen LogP contribution in [0.2, 0.25) is 5.28 Å². The minimum Gasteiger partial charge on any atom is -0.387 e. The highest BCUT2D eigenvalue weighted by Gasteiger charge is 2.46. The molecule has 4 atom stereocenters. The predicted molar refractivity (Wildman–Crippen MR) is 77.6 cm³/mol. The van der Waals surface area contributed by atoms with Gasteiger partial charge < -0.3 is 25.4 Å². The van der Waals surface area contributed by atoms with Gasteiger partial charge >= 0.3 is 7.82 Å². The van der Waals surface area contributed by atoms with Crippen LogP contribution in [0, 0.1) is 0 Å². The second kappa shape index (κ2) is 6.15. The number of hydrogen-bond donors (Lipinski definition) is 4. The van der Waals surface area contributed by atoms with E-state index in [1.807, 2.05) is 0 Å². The van der Waals surface area contributed by atoms with Gasteiger partial charge in [-0.1, -0.05) is 0 Å². The van der Waals surface area contributed by atoms with Gasteiger partial charge in [0.05, 0.1) is 12.9 Å². The van der Waals surface area contributed by atoms with E-state index >= 15 is 0 Å². The molecule has 1 fully saturated rings.